The molecule has 0 aliphatic carbocycles. The van der Waals surface area contributed by atoms with Crippen LogP contribution < -0.4 is 11.1 Å². The molecular weight excluding hydrogens is 288 g/mol. The Morgan fingerprint density at radius 2 is 1.95 bits per heavy atom. The number of nitrogens with zero attached hydrogens (tertiary/aromatic N) is 1. The van der Waals surface area contributed by atoms with E-state index in [0.29, 0.717) is 11.1 Å². The molecule has 0 fully saturated rings. The summed E-state index contributed by atoms with van der Waals surface area (Å²) in [5.41, 5.74) is 6.08. The van der Waals surface area contributed by atoms with Crippen molar-refractivity contribution in [3.05, 3.63) is 66.0 Å². The molecule has 3 aromatic rings. The first-order valence-electron chi connectivity index (χ1n) is 6.46. The highest BCUT2D eigenvalue weighted by Crippen LogP contribution is 2.24. The molecule has 22 heavy (non-hydrogen) atoms. The van der Waals surface area contributed by atoms with Crippen molar-refractivity contribution in [2.45, 2.75) is 0 Å². The molecule has 2 aromatic carbocycles. The molecule has 1 heterocycles. The third kappa shape index (κ3) is 2.46. The van der Waals surface area contributed by atoms with Crippen LogP contribution in [-0.2, 0) is 0 Å². The van der Waals surface area contributed by atoms with Crippen LogP contribution in [0.4, 0.5) is 20.2 Å². The van der Waals surface area contributed by atoms with Crippen molar-refractivity contribution in [3.8, 4) is 0 Å². The number of hydrogen-bond acceptors (Lipinski definition) is 3. The first-order valence-corrected chi connectivity index (χ1v) is 6.46. The van der Waals surface area contributed by atoms with Gasteiger partial charge in [0.05, 0.1) is 5.69 Å². The Morgan fingerprint density at radius 1 is 1.14 bits per heavy atom. The lowest BCUT2D eigenvalue weighted by molar-refractivity contribution is 0.102. The van der Waals surface area contributed by atoms with Crippen LogP contribution in [0.1, 0.15) is 10.5 Å². The topological polar surface area (TPSA) is 68.0 Å². The van der Waals surface area contributed by atoms with Gasteiger partial charge in [-0.1, -0.05) is 12.1 Å². The van der Waals surface area contributed by atoms with E-state index in [-0.39, 0.29) is 11.4 Å². The van der Waals surface area contributed by atoms with Gasteiger partial charge in [0, 0.05) is 23.3 Å². The molecule has 0 aliphatic heterocycles. The summed E-state index contributed by atoms with van der Waals surface area (Å²) < 4.78 is 26.8. The molecule has 0 atom stereocenters. The van der Waals surface area contributed by atoms with Crippen molar-refractivity contribution in [2.75, 3.05) is 11.1 Å². The number of nitrogens with one attached hydrogen (secondary N) is 1. The van der Waals surface area contributed by atoms with Crippen LogP contribution in [-0.4, -0.2) is 10.9 Å². The van der Waals surface area contributed by atoms with E-state index in [1.807, 2.05) is 0 Å². The number of nitrogens with two attached hydrogens (primary N) is 1. The number of anilines is 2. The average Bonchev–Trinajstić information content (AvgIpc) is 2.50. The monoisotopic (exact) mass is 299 g/mol. The Hall–Kier alpha value is -3.02. The average molecular weight is 299 g/mol. The molecule has 0 radical (unpaired) electrons. The number of aromatic nitrogens is 1. The number of fused-ring (bicyclic) bond motifs is 1. The Kier molecular flexibility index (Phi) is 3.42. The van der Waals surface area contributed by atoms with Gasteiger partial charge in [0.1, 0.15) is 17.3 Å². The fourth-order valence-electron chi connectivity index (χ4n) is 2.20. The predicted molar refractivity (Wildman–Crippen MR) is 80.5 cm³/mol. The molecule has 0 aliphatic rings. The van der Waals surface area contributed by atoms with Gasteiger partial charge < -0.3 is 11.1 Å². The lowest BCUT2D eigenvalue weighted by Crippen LogP contribution is -2.15. The minimum absolute atomic E-state index is 0.0549. The molecule has 6 heteroatoms. The Morgan fingerprint density at radius 3 is 2.77 bits per heavy atom. The second-order valence-corrected chi connectivity index (χ2v) is 4.68. The molecule has 110 valence electrons. The number of pyridine rings is 1. The Labute approximate surface area is 124 Å². The van der Waals surface area contributed by atoms with Gasteiger partial charge in [-0.25, -0.2) is 8.78 Å². The maximum absolute atomic E-state index is 13.6. The van der Waals surface area contributed by atoms with Crippen LogP contribution >= 0.6 is 0 Å². The zero-order chi connectivity index (χ0) is 15.7. The minimum Gasteiger partial charge on any atom is -0.398 e. The van der Waals surface area contributed by atoms with Gasteiger partial charge in [0.2, 0.25) is 0 Å². The lowest BCUT2D eigenvalue weighted by atomic mass is 10.1. The van der Waals surface area contributed by atoms with Crippen molar-refractivity contribution < 1.29 is 13.6 Å². The fraction of sp³-hybridized carbons (Fsp3) is 0. The minimum atomic E-state index is -0.733. The number of nitrogen functional groups attached to an aromatic ring is 1. The molecule has 0 saturated heterocycles. The van der Waals surface area contributed by atoms with Crippen LogP contribution in [0.2, 0.25) is 0 Å². The Bertz CT molecular complexity index is 875. The second-order valence-electron chi connectivity index (χ2n) is 4.68. The van der Waals surface area contributed by atoms with Gasteiger partial charge in [-0.15, -0.1) is 0 Å². The highest BCUT2D eigenvalue weighted by molar-refractivity contribution is 6.14. The highest BCUT2D eigenvalue weighted by Gasteiger charge is 2.16. The van der Waals surface area contributed by atoms with Crippen LogP contribution in [0.15, 0.2) is 48.7 Å². The van der Waals surface area contributed by atoms with Gasteiger partial charge in [0.15, 0.2) is 0 Å². The molecule has 0 unspecified atom stereocenters. The number of rotatable bonds is 2. The maximum atomic E-state index is 13.6. The van der Waals surface area contributed by atoms with E-state index in [4.69, 9.17) is 5.73 Å². The van der Waals surface area contributed by atoms with Crippen LogP contribution in [0.5, 0.6) is 0 Å². The molecule has 0 bridgehead atoms. The summed E-state index contributed by atoms with van der Waals surface area (Å²) in [5.74, 6) is -2.04. The van der Waals surface area contributed by atoms with E-state index in [1.54, 1.807) is 24.3 Å². The molecule has 1 amide bonds. The Balaban J connectivity index is 2.04. The zero-order valence-corrected chi connectivity index (χ0v) is 11.3. The van der Waals surface area contributed by atoms with E-state index < -0.39 is 17.5 Å². The van der Waals surface area contributed by atoms with Gasteiger partial charge >= 0.3 is 0 Å². The molecule has 0 saturated carbocycles. The number of amides is 1. The zero-order valence-electron chi connectivity index (χ0n) is 11.3. The number of benzene rings is 2. The van der Waals surface area contributed by atoms with Crippen molar-refractivity contribution >= 4 is 28.1 Å². The summed E-state index contributed by atoms with van der Waals surface area (Å²) in [6, 6.07) is 9.71. The van der Waals surface area contributed by atoms with Crippen LogP contribution in [0.3, 0.4) is 0 Å². The van der Waals surface area contributed by atoms with Crippen LogP contribution in [0, 0.1) is 11.6 Å². The molecule has 4 nitrogen and oxygen atoms in total. The fourth-order valence-corrected chi connectivity index (χ4v) is 2.20. The largest absolute Gasteiger partial charge is 0.398 e. The number of hydrogen-bond donors (Lipinski definition) is 2. The number of halogens is 2. The smallest absolute Gasteiger partial charge is 0.275 e. The summed E-state index contributed by atoms with van der Waals surface area (Å²) in [6.07, 6.45) is 1.46. The van der Waals surface area contributed by atoms with E-state index in [2.05, 4.69) is 10.3 Å². The summed E-state index contributed by atoms with van der Waals surface area (Å²) in [7, 11) is 0. The van der Waals surface area contributed by atoms with Crippen molar-refractivity contribution in [1.29, 1.82) is 0 Å². The normalized spacial score (nSPS) is 10.6. The standard InChI is InChI=1S/C16H11F2N3O/c17-10-4-5-11(18)13(8-10)21-16(22)15-14-9(6-7-20-15)2-1-3-12(14)19/h1-8H,19H2,(H,21,22). The molecular formula is C16H11F2N3O. The highest BCUT2D eigenvalue weighted by atomic mass is 19.1. The van der Waals surface area contributed by atoms with E-state index in [1.165, 1.54) is 6.20 Å². The number of carbonyl (C=O) groups excluding carboxylic acids is 1. The molecule has 3 rings (SSSR count). The third-order valence-corrected chi connectivity index (χ3v) is 3.22. The first-order chi connectivity index (χ1) is 10.6. The van der Waals surface area contributed by atoms with Gasteiger partial charge in [-0.2, -0.15) is 0 Å². The third-order valence-electron chi connectivity index (χ3n) is 3.22. The summed E-state index contributed by atoms with van der Waals surface area (Å²) in [5, 5.41) is 3.52. The van der Waals surface area contributed by atoms with E-state index >= 15 is 0 Å². The van der Waals surface area contributed by atoms with E-state index in [0.717, 1.165) is 23.6 Å². The maximum Gasteiger partial charge on any atom is 0.275 e. The second kappa shape index (κ2) is 5.40. The van der Waals surface area contributed by atoms with Crippen molar-refractivity contribution in [1.82, 2.24) is 4.98 Å². The quantitative estimate of drug-likeness (QED) is 0.713. The summed E-state index contributed by atoms with van der Waals surface area (Å²) in [6.45, 7) is 0. The van der Waals surface area contributed by atoms with E-state index in [9.17, 15) is 13.6 Å². The van der Waals surface area contributed by atoms with Gasteiger partial charge in [0.25, 0.3) is 5.91 Å². The van der Waals surface area contributed by atoms with Crippen LogP contribution in [0.25, 0.3) is 10.8 Å². The molecule has 3 N–H and O–H groups in total. The number of carbonyl (C=O) groups is 1. The van der Waals surface area contributed by atoms with Crippen molar-refractivity contribution in [2.24, 2.45) is 0 Å². The van der Waals surface area contributed by atoms with Crippen molar-refractivity contribution in [3.63, 3.8) is 0 Å². The summed E-state index contributed by atoms with van der Waals surface area (Å²) in [4.78, 5) is 16.3. The lowest BCUT2D eigenvalue weighted by Gasteiger charge is -2.09. The SMILES string of the molecule is Nc1cccc2ccnc(C(=O)Nc3cc(F)ccc3F)c12. The first kappa shape index (κ1) is 13.9. The molecule has 1 aromatic heterocycles. The van der Waals surface area contributed by atoms with Gasteiger partial charge in [-0.3, -0.25) is 9.78 Å². The van der Waals surface area contributed by atoms with Gasteiger partial charge in [-0.05, 0) is 29.7 Å². The predicted octanol–water partition coefficient (Wildman–Crippen LogP) is 3.35. The summed E-state index contributed by atoms with van der Waals surface area (Å²) >= 11 is 0. The molecule has 0 spiro atoms.